The van der Waals surface area contributed by atoms with Gasteiger partial charge in [0.05, 0.1) is 12.2 Å². The number of carboxylic acid groups (broad SMARTS) is 1. The molecule has 1 atom stereocenters. The topological polar surface area (TPSA) is 171 Å². The molecular formula is C17H20N4O5S. The van der Waals surface area contributed by atoms with Crippen molar-refractivity contribution >= 4 is 34.2 Å². The van der Waals surface area contributed by atoms with Crippen molar-refractivity contribution in [2.75, 3.05) is 11.9 Å². The summed E-state index contributed by atoms with van der Waals surface area (Å²) in [4.78, 5) is 33.9. The van der Waals surface area contributed by atoms with Crippen LogP contribution < -0.4 is 27.3 Å². The van der Waals surface area contributed by atoms with Crippen molar-refractivity contribution in [3.05, 3.63) is 35.9 Å². The molecule has 2 aromatic rings. The summed E-state index contributed by atoms with van der Waals surface area (Å²) >= 11 is 1.18. The van der Waals surface area contributed by atoms with Gasteiger partial charge in [-0.15, -0.1) is 11.3 Å². The van der Waals surface area contributed by atoms with Crippen molar-refractivity contribution < 1.29 is 24.2 Å². The molecule has 0 radical (unpaired) electrons. The number of rotatable bonds is 9. The van der Waals surface area contributed by atoms with Gasteiger partial charge in [0.2, 0.25) is 0 Å². The molecular weight excluding hydrogens is 372 g/mol. The molecule has 0 fully saturated rings. The van der Waals surface area contributed by atoms with E-state index in [1.165, 1.54) is 11.3 Å². The Balaban J connectivity index is 2.01. The van der Waals surface area contributed by atoms with E-state index in [9.17, 15) is 14.4 Å². The maximum Gasteiger partial charge on any atom is 0.320 e. The van der Waals surface area contributed by atoms with E-state index in [4.69, 9.17) is 27.0 Å². The second-order valence-electron chi connectivity index (χ2n) is 5.67. The van der Waals surface area contributed by atoms with E-state index in [0.29, 0.717) is 30.2 Å². The summed E-state index contributed by atoms with van der Waals surface area (Å²) in [7, 11) is 0. The number of anilines is 1. The molecule has 8 N–H and O–H groups in total. The molecule has 0 aliphatic rings. The van der Waals surface area contributed by atoms with Gasteiger partial charge in [-0.1, -0.05) is 0 Å². The van der Waals surface area contributed by atoms with Gasteiger partial charge >= 0.3 is 12.0 Å². The van der Waals surface area contributed by atoms with Crippen LogP contribution in [0.25, 0.3) is 10.4 Å². The average Bonchev–Trinajstić information content (AvgIpc) is 3.02. The molecule has 9 nitrogen and oxygen atoms in total. The largest absolute Gasteiger partial charge is 0.494 e. The van der Waals surface area contributed by atoms with E-state index in [1.54, 1.807) is 30.3 Å². The molecule has 0 spiro atoms. The Bertz CT molecular complexity index is 834. The van der Waals surface area contributed by atoms with Crippen molar-refractivity contribution in [2.24, 2.45) is 17.2 Å². The number of hydrogen-bond donors (Lipinski definition) is 5. The molecule has 0 aliphatic heterocycles. The van der Waals surface area contributed by atoms with Crippen LogP contribution in [0.3, 0.4) is 0 Å². The van der Waals surface area contributed by atoms with Crippen LogP contribution in [0.1, 0.15) is 23.2 Å². The lowest BCUT2D eigenvalue weighted by atomic mass is 10.1. The molecule has 0 saturated heterocycles. The molecule has 1 heterocycles. The minimum atomic E-state index is -1.03. The minimum Gasteiger partial charge on any atom is -0.494 e. The minimum absolute atomic E-state index is 0.184. The van der Waals surface area contributed by atoms with Gasteiger partial charge in [-0.2, -0.15) is 0 Å². The molecule has 3 amide bonds. The molecule has 144 valence electrons. The quantitative estimate of drug-likeness (QED) is 0.405. The van der Waals surface area contributed by atoms with Crippen LogP contribution in [0.15, 0.2) is 30.3 Å². The lowest BCUT2D eigenvalue weighted by molar-refractivity contribution is -0.138. The van der Waals surface area contributed by atoms with Crippen molar-refractivity contribution in [2.45, 2.75) is 18.9 Å². The van der Waals surface area contributed by atoms with Crippen LogP contribution >= 0.6 is 11.3 Å². The highest BCUT2D eigenvalue weighted by Crippen LogP contribution is 2.35. The number of thiophene rings is 1. The van der Waals surface area contributed by atoms with Crippen LogP contribution in [0, 0.1) is 0 Å². The first kappa shape index (κ1) is 20.2. The van der Waals surface area contributed by atoms with Crippen molar-refractivity contribution in [3.63, 3.8) is 0 Å². The third-order valence-electron chi connectivity index (χ3n) is 3.62. The van der Waals surface area contributed by atoms with Crippen LogP contribution in [0.2, 0.25) is 0 Å². The Labute approximate surface area is 159 Å². The fourth-order valence-corrected chi connectivity index (χ4v) is 3.32. The van der Waals surface area contributed by atoms with Crippen LogP contribution in [-0.4, -0.2) is 35.7 Å². The second-order valence-corrected chi connectivity index (χ2v) is 6.72. The summed E-state index contributed by atoms with van der Waals surface area (Å²) in [6.07, 6.45) is 0.846. The number of amides is 3. The van der Waals surface area contributed by atoms with Crippen LogP contribution in [0.4, 0.5) is 9.80 Å². The van der Waals surface area contributed by atoms with E-state index < -0.39 is 23.9 Å². The fraction of sp³-hybridized carbons (Fsp3) is 0.235. The van der Waals surface area contributed by atoms with E-state index >= 15 is 0 Å². The third kappa shape index (κ3) is 5.69. The zero-order valence-electron chi connectivity index (χ0n) is 14.3. The number of carbonyl (C=O) groups excluding carboxylic acids is 2. The third-order valence-corrected chi connectivity index (χ3v) is 4.72. The Morgan fingerprint density at radius 2 is 1.85 bits per heavy atom. The standard InChI is InChI=1S/C17H20N4O5S/c18-12(16(23)24)2-1-7-26-10-5-3-9(4-6-10)13-8-11(14(19)22)15(27-13)21-17(20)25/h3-6,8,12H,1-2,7,18H2,(H2,19,22)(H,23,24)(H3,20,21,25)/t12-/m1/s1. The van der Waals surface area contributed by atoms with Crippen LogP contribution in [0.5, 0.6) is 5.75 Å². The SMILES string of the molecule is NC(=O)Nc1sc(-c2ccc(OCCC[C@@H](N)C(=O)O)cc2)cc1C(N)=O. The summed E-state index contributed by atoms with van der Waals surface area (Å²) in [5.74, 6) is -1.08. The summed E-state index contributed by atoms with van der Waals surface area (Å²) in [5.41, 5.74) is 16.8. The number of ether oxygens (including phenoxy) is 1. The molecule has 0 saturated carbocycles. The van der Waals surface area contributed by atoms with Gasteiger partial charge in [0.25, 0.3) is 5.91 Å². The first-order valence-electron chi connectivity index (χ1n) is 7.99. The molecule has 27 heavy (non-hydrogen) atoms. The van der Waals surface area contributed by atoms with Gasteiger partial charge in [-0.25, -0.2) is 4.79 Å². The van der Waals surface area contributed by atoms with Crippen molar-refractivity contribution in [3.8, 4) is 16.2 Å². The van der Waals surface area contributed by atoms with Gasteiger partial charge in [0, 0.05) is 4.88 Å². The second kappa shape index (κ2) is 9.01. The number of urea groups is 1. The molecule has 1 aromatic heterocycles. The van der Waals surface area contributed by atoms with Gasteiger partial charge in [-0.05, 0) is 48.7 Å². The summed E-state index contributed by atoms with van der Waals surface area (Å²) in [6, 6.07) is 7.00. The normalized spacial score (nSPS) is 11.6. The highest BCUT2D eigenvalue weighted by Gasteiger charge is 2.16. The van der Waals surface area contributed by atoms with E-state index in [0.717, 1.165) is 10.4 Å². The number of carbonyl (C=O) groups is 3. The van der Waals surface area contributed by atoms with Crippen molar-refractivity contribution in [1.82, 2.24) is 0 Å². The van der Waals surface area contributed by atoms with Crippen LogP contribution in [-0.2, 0) is 4.79 Å². The van der Waals surface area contributed by atoms with Gasteiger partial charge in [0.15, 0.2) is 0 Å². The fourth-order valence-electron chi connectivity index (χ4n) is 2.25. The smallest absolute Gasteiger partial charge is 0.320 e. The van der Waals surface area contributed by atoms with E-state index in [-0.39, 0.29) is 5.56 Å². The summed E-state index contributed by atoms with van der Waals surface area (Å²) in [5, 5.41) is 11.4. The Kier molecular flexibility index (Phi) is 6.74. The molecule has 0 unspecified atom stereocenters. The number of carboxylic acids is 1. The number of aliphatic carboxylic acids is 1. The zero-order chi connectivity index (χ0) is 20.0. The number of hydrogen-bond acceptors (Lipinski definition) is 6. The highest BCUT2D eigenvalue weighted by molar-refractivity contribution is 7.20. The molecule has 0 bridgehead atoms. The predicted octanol–water partition coefficient (Wildman–Crippen LogP) is 1.58. The molecule has 1 aromatic carbocycles. The lowest BCUT2D eigenvalue weighted by Crippen LogP contribution is -2.30. The maximum atomic E-state index is 11.5. The Morgan fingerprint density at radius 3 is 2.41 bits per heavy atom. The number of benzene rings is 1. The van der Waals surface area contributed by atoms with Crippen molar-refractivity contribution in [1.29, 1.82) is 0 Å². The first-order valence-corrected chi connectivity index (χ1v) is 8.81. The van der Waals surface area contributed by atoms with E-state index in [1.807, 2.05) is 0 Å². The number of primary amides is 2. The Hall–Kier alpha value is -3.11. The highest BCUT2D eigenvalue weighted by atomic mass is 32.1. The molecule has 0 aliphatic carbocycles. The van der Waals surface area contributed by atoms with Gasteiger partial charge in [0.1, 0.15) is 16.8 Å². The first-order chi connectivity index (χ1) is 12.8. The average molecular weight is 392 g/mol. The zero-order valence-corrected chi connectivity index (χ0v) is 15.1. The Morgan fingerprint density at radius 1 is 1.19 bits per heavy atom. The summed E-state index contributed by atoms with van der Waals surface area (Å²) < 4.78 is 5.55. The van der Waals surface area contributed by atoms with Gasteiger partial charge in [-0.3, -0.25) is 14.9 Å². The molecule has 10 heteroatoms. The number of nitrogens with one attached hydrogen (secondary N) is 1. The monoisotopic (exact) mass is 392 g/mol. The number of nitrogens with two attached hydrogens (primary N) is 3. The lowest BCUT2D eigenvalue weighted by Gasteiger charge is -2.08. The summed E-state index contributed by atoms with van der Waals surface area (Å²) in [6.45, 7) is 0.345. The maximum absolute atomic E-state index is 11.5. The van der Waals surface area contributed by atoms with E-state index in [2.05, 4.69) is 5.32 Å². The molecule has 2 rings (SSSR count). The predicted molar refractivity (Wildman–Crippen MR) is 102 cm³/mol. The van der Waals surface area contributed by atoms with Gasteiger partial charge < -0.3 is 27.0 Å².